The second-order valence-corrected chi connectivity index (χ2v) is 11.8. The van der Waals surface area contributed by atoms with Gasteiger partial charge in [0.15, 0.2) is 9.84 Å². The van der Waals surface area contributed by atoms with E-state index in [4.69, 9.17) is 9.47 Å². The lowest BCUT2D eigenvalue weighted by molar-refractivity contribution is -0.116. The zero-order chi connectivity index (χ0) is 30.6. The van der Waals surface area contributed by atoms with Crippen LogP contribution in [0, 0.1) is 6.92 Å². The molecular weight excluding hydrogens is 554 g/mol. The molecule has 0 bridgehead atoms. The molecule has 0 spiro atoms. The monoisotopic (exact) mass is 587 g/mol. The first-order valence-corrected chi connectivity index (χ1v) is 15.0. The molecule has 4 rings (SSSR count). The van der Waals surface area contributed by atoms with E-state index in [1.165, 1.54) is 17.9 Å². The van der Waals surface area contributed by atoms with Crippen LogP contribution in [0.2, 0.25) is 0 Å². The number of aryl methyl sites for hydroxylation is 1. The minimum absolute atomic E-state index is 0.108. The molecular formula is C32H33N3O6S. The molecule has 2 amide bonds. The zero-order valence-corrected chi connectivity index (χ0v) is 25.2. The summed E-state index contributed by atoms with van der Waals surface area (Å²) < 4.78 is 35.4. The van der Waals surface area contributed by atoms with E-state index >= 15 is 0 Å². The number of hydrogen-bond acceptors (Lipinski definition) is 7. The fourth-order valence-electron chi connectivity index (χ4n) is 4.57. The van der Waals surface area contributed by atoms with Crippen LogP contribution in [0.15, 0.2) is 77.8 Å². The van der Waals surface area contributed by atoms with Crippen molar-refractivity contribution in [3.63, 3.8) is 0 Å². The molecule has 0 atom stereocenters. The first kappa shape index (κ1) is 30.3. The highest BCUT2D eigenvalue weighted by Crippen LogP contribution is 2.38. The molecule has 42 heavy (non-hydrogen) atoms. The molecule has 4 aromatic rings. The molecule has 9 nitrogen and oxygen atoms in total. The molecule has 0 unspecified atom stereocenters. The second kappa shape index (κ2) is 12.4. The number of rotatable bonds is 9. The number of aromatic nitrogens is 1. The molecule has 0 aliphatic carbocycles. The molecule has 10 heteroatoms. The van der Waals surface area contributed by atoms with Crippen molar-refractivity contribution < 1.29 is 27.5 Å². The van der Waals surface area contributed by atoms with Crippen molar-refractivity contribution in [3.05, 3.63) is 89.7 Å². The Morgan fingerprint density at radius 2 is 1.57 bits per heavy atom. The van der Waals surface area contributed by atoms with Crippen LogP contribution >= 0.6 is 0 Å². The second-order valence-electron chi connectivity index (χ2n) is 9.85. The number of ether oxygens (including phenoxy) is 2. The van der Waals surface area contributed by atoms with Gasteiger partial charge in [0.1, 0.15) is 11.5 Å². The number of methoxy groups -OCH3 is 2. The summed E-state index contributed by atoms with van der Waals surface area (Å²) in [5, 5.41) is 2.82. The molecule has 0 aliphatic heterocycles. The van der Waals surface area contributed by atoms with Crippen LogP contribution in [-0.4, -0.2) is 52.7 Å². The smallest absolute Gasteiger partial charge is 0.251 e. The number of nitrogens with one attached hydrogen (secondary N) is 1. The summed E-state index contributed by atoms with van der Waals surface area (Å²) in [6.07, 6.45) is 2.79. The van der Waals surface area contributed by atoms with Gasteiger partial charge in [-0.1, -0.05) is 18.2 Å². The van der Waals surface area contributed by atoms with E-state index in [2.05, 4.69) is 10.3 Å². The Morgan fingerprint density at radius 1 is 0.881 bits per heavy atom. The molecule has 1 heterocycles. The summed E-state index contributed by atoms with van der Waals surface area (Å²) in [4.78, 5) is 30.8. The van der Waals surface area contributed by atoms with Crippen LogP contribution in [0.5, 0.6) is 11.5 Å². The van der Waals surface area contributed by atoms with Crippen LogP contribution in [0.4, 0.5) is 5.69 Å². The number of anilines is 1. The van der Waals surface area contributed by atoms with Crippen LogP contribution in [-0.2, 0) is 21.2 Å². The average Bonchev–Trinajstić information content (AvgIpc) is 2.98. The maximum absolute atomic E-state index is 12.8. The largest absolute Gasteiger partial charge is 0.496 e. The Bertz CT molecular complexity index is 1770. The van der Waals surface area contributed by atoms with Gasteiger partial charge in [-0.25, -0.2) is 8.42 Å². The third kappa shape index (κ3) is 6.60. The predicted molar refractivity (Wildman–Crippen MR) is 163 cm³/mol. The predicted octanol–water partition coefficient (Wildman–Crippen LogP) is 5.06. The number of nitrogens with zero attached hydrogens (tertiary/aromatic N) is 2. The highest BCUT2D eigenvalue weighted by molar-refractivity contribution is 7.90. The van der Waals surface area contributed by atoms with Gasteiger partial charge in [-0.15, -0.1) is 0 Å². The first-order valence-electron chi connectivity index (χ1n) is 13.1. The maximum atomic E-state index is 12.8. The van der Waals surface area contributed by atoms with Gasteiger partial charge in [0.25, 0.3) is 5.91 Å². The number of amides is 2. The van der Waals surface area contributed by atoms with Gasteiger partial charge in [0.05, 0.1) is 37.0 Å². The molecule has 0 saturated carbocycles. The molecule has 3 aromatic carbocycles. The summed E-state index contributed by atoms with van der Waals surface area (Å²) >= 11 is 0. The minimum Gasteiger partial charge on any atom is -0.496 e. The number of pyridine rings is 1. The molecule has 218 valence electrons. The van der Waals surface area contributed by atoms with Crippen molar-refractivity contribution in [1.82, 2.24) is 10.3 Å². The van der Waals surface area contributed by atoms with Gasteiger partial charge < -0.3 is 19.7 Å². The van der Waals surface area contributed by atoms with Gasteiger partial charge in [-0.3, -0.25) is 14.6 Å². The summed E-state index contributed by atoms with van der Waals surface area (Å²) in [5.74, 6) is 0.716. The molecule has 1 aromatic heterocycles. The van der Waals surface area contributed by atoms with Crippen molar-refractivity contribution in [1.29, 1.82) is 0 Å². The fraction of sp³-hybridized carbons (Fsp3) is 0.219. The van der Waals surface area contributed by atoms with Crippen LogP contribution in [0.1, 0.15) is 28.5 Å². The van der Waals surface area contributed by atoms with Gasteiger partial charge in [0.2, 0.25) is 5.91 Å². The van der Waals surface area contributed by atoms with Crippen molar-refractivity contribution >= 4 is 27.3 Å². The number of benzene rings is 3. The van der Waals surface area contributed by atoms with Gasteiger partial charge in [-0.05, 0) is 77.7 Å². The number of sulfone groups is 1. The Kier molecular flexibility index (Phi) is 8.96. The Balaban J connectivity index is 1.60. The quantitative estimate of drug-likeness (QED) is 0.291. The standard InChI is InChI=1S/C32H33N3O6S/c1-20-7-8-25(18-31(20)42(6,38)39)32(37)34-19-26-15-23(13-14-33-26)22-10-12-29(40-4)27(16-22)24-9-11-28(30(17-24)41-5)35(3)21(2)36/h7-18H,19H2,1-6H3,(H,34,37). The summed E-state index contributed by atoms with van der Waals surface area (Å²) in [6.45, 7) is 3.34. The highest BCUT2D eigenvalue weighted by Gasteiger charge is 2.17. The lowest BCUT2D eigenvalue weighted by Crippen LogP contribution is -2.23. The third-order valence-corrected chi connectivity index (χ3v) is 8.19. The SMILES string of the molecule is COc1ccc(-c2ccnc(CNC(=O)c3ccc(C)c(S(C)(=O)=O)c3)c2)cc1-c1ccc(N(C)C(C)=O)c(OC)c1. The minimum atomic E-state index is -3.46. The normalized spacial score (nSPS) is 11.1. The van der Waals surface area contributed by atoms with E-state index in [1.54, 1.807) is 46.5 Å². The highest BCUT2D eigenvalue weighted by atomic mass is 32.2. The van der Waals surface area contributed by atoms with E-state index in [0.717, 1.165) is 28.5 Å². The zero-order valence-electron chi connectivity index (χ0n) is 24.4. The van der Waals surface area contributed by atoms with Gasteiger partial charge >= 0.3 is 0 Å². The average molecular weight is 588 g/mol. The van der Waals surface area contributed by atoms with Crippen LogP contribution in [0.3, 0.4) is 0 Å². The molecule has 0 radical (unpaired) electrons. The number of carbonyl (C=O) groups is 2. The Hall–Kier alpha value is -4.70. The molecule has 0 fully saturated rings. The molecule has 0 saturated heterocycles. The van der Waals surface area contributed by atoms with Crippen LogP contribution < -0.4 is 19.7 Å². The van der Waals surface area contributed by atoms with Crippen molar-refractivity contribution in [2.45, 2.75) is 25.3 Å². The summed E-state index contributed by atoms with van der Waals surface area (Å²) in [5.41, 5.74) is 5.59. The fourth-order valence-corrected chi connectivity index (χ4v) is 5.57. The summed E-state index contributed by atoms with van der Waals surface area (Å²) in [7, 11) is 1.40. The van der Waals surface area contributed by atoms with Gasteiger partial charge in [-0.2, -0.15) is 0 Å². The Morgan fingerprint density at radius 3 is 2.24 bits per heavy atom. The molecule has 1 N–H and O–H groups in total. The number of carbonyl (C=O) groups excluding carboxylic acids is 2. The summed E-state index contributed by atoms with van der Waals surface area (Å²) in [6, 6.07) is 19.8. The van der Waals surface area contributed by atoms with Gasteiger partial charge in [0, 0.05) is 37.6 Å². The van der Waals surface area contributed by atoms with E-state index in [-0.39, 0.29) is 22.9 Å². The van der Waals surface area contributed by atoms with E-state index in [9.17, 15) is 18.0 Å². The Labute approximate surface area is 246 Å². The van der Waals surface area contributed by atoms with Crippen LogP contribution in [0.25, 0.3) is 22.3 Å². The van der Waals surface area contributed by atoms with E-state index in [1.807, 2.05) is 48.5 Å². The topological polar surface area (TPSA) is 115 Å². The van der Waals surface area contributed by atoms with E-state index < -0.39 is 15.7 Å². The lowest BCUT2D eigenvalue weighted by atomic mass is 9.97. The number of hydrogen-bond donors (Lipinski definition) is 1. The maximum Gasteiger partial charge on any atom is 0.251 e. The van der Waals surface area contributed by atoms with E-state index in [0.29, 0.717) is 28.4 Å². The van der Waals surface area contributed by atoms with Crippen molar-refractivity contribution in [3.8, 4) is 33.8 Å². The lowest BCUT2D eigenvalue weighted by Gasteiger charge is -2.20. The first-order chi connectivity index (χ1) is 19.9. The van der Waals surface area contributed by atoms with Crippen molar-refractivity contribution in [2.24, 2.45) is 0 Å². The van der Waals surface area contributed by atoms with Crippen molar-refractivity contribution in [2.75, 3.05) is 32.4 Å². The third-order valence-electron chi connectivity index (χ3n) is 6.95. The molecule has 0 aliphatic rings.